The molecule has 0 saturated carbocycles. The zero-order chi connectivity index (χ0) is 15.1. The zero-order valence-electron chi connectivity index (χ0n) is 13.7. The Kier molecular flexibility index (Phi) is 4.27. The minimum absolute atomic E-state index is 0.203. The lowest BCUT2D eigenvalue weighted by Gasteiger charge is -2.45. The van der Waals surface area contributed by atoms with Gasteiger partial charge in [0.2, 0.25) is 0 Å². The third-order valence-corrected chi connectivity index (χ3v) is 5.19. The third kappa shape index (κ3) is 2.77. The molecule has 1 aliphatic carbocycles. The Labute approximate surface area is 123 Å². The molecule has 1 aromatic rings. The number of nitrogens with zero attached hydrogens (tertiary/aromatic N) is 1. The summed E-state index contributed by atoms with van der Waals surface area (Å²) >= 11 is 0. The molecule has 0 spiro atoms. The van der Waals surface area contributed by atoms with Gasteiger partial charge in [-0.15, -0.1) is 0 Å². The van der Waals surface area contributed by atoms with Gasteiger partial charge in [0.05, 0.1) is 6.10 Å². The molecule has 0 heterocycles. The van der Waals surface area contributed by atoms with Crippen LogP contribution in [0.25, 0.3) is 0 Å². The van der Waals surface area contributed by atoms with Crippen LogP contribution in [-0.2, 0) is 0 Å². The summed E-state index contributed by atoms with van der Waals surface area (Å²) in [5.41, 5.74) is 2.64. The predicted molar refractivity (Wildman–Crippen MR) is 84.9 cm³/mol. The number of aliphatic hydroxyl groups excluding tert-OH is 1. The van der Waals surface area contributed by atoms with Crippen LogP contribution in [0.3, 0.4) is 0 Å². The molecule has 1 N–H and O–H groups in total. The highest BCUT2D eigenvalue weighted by Crippen LogP contribution is 2.41. The maximum Gasteiger partial charge on any atom is 0.0948 e. The number of aliphatic hydroxyl groups is 1. The number of rotatable bonds is 2. The average Bonchev–Trinajstić information content (AvgIpc) is 2.40. The number of benzene rings is 1. The Bertz CT molecular complexity index is 463. The summed E-state index contributed by atoms with van der Waals surface area (Å²) in [6.07, 6.45) is 0.645. The fraction of sp³-hybridized carbons (Fsp3) is 0.667. The number of hydrogen-bond donors (Lipinski definition) is 1. The molecule has 2 heteroatoms. The maximum atomic E-state index is 10.8. The number of hydrogen-bond acceptors (Lipinski definition) is 2. The lowest BCUT2D eigenvalue weighted by molar-refractivity contribution is 0.000690. The van der Waals surface area contributed by atoms with Crippen molar-refractivity contribution < 1.29 is 5.11 Å². The minimum atomic E-state index is -0.378. The molecule has 0 radical (unpaired) electrons. The van der Waals surface area contributed by atoms with E-state index in [1.165, 1.54) is 5.56 Å². The van der Waals surface area contributed by atoms with Gasteiger partial charge in [-0.3, -0.25) is 4.90 Å². The van der Waals surface area contributed by atoms with Crippen molar-refractivity contribution in [2.75, 3.05) is 7.05 Å². The summed E-state index contributed by atoms with van der Waals surface area (Å²) in [7, 11) is 2.16. The summed E-state index contributed by atoms with van der Waals surface area (Å²) in [5.74, 6) is 0.509. The van der Waals surface area contributed by atoms with Gasteiger partial charge in [0, 0.05) is 12.1 Å². The van der Waals surface area contributed by atoms with Gasteiger partial charge in [0.15, 0.2) is 0 Å². The molecule has 4 unspecified atom stereocenters. The lowest BCUT2D eigenvalue weighted by atomic mass is 9.77. The van der Waals surface area contributed by atoms with Crippen LogP contribution in [0, 0.1) is 5.41 Å². The number of fused-ring (bicyclic) bond motifs is 1. The first-order valence-corrected chi connectivity index (χ1v) is 7.72. The van der Waals surface area contributed by atoms with Gasteiger partial charge in [-0.25, -0.2) is 0 Å². The molecule has 0 bridgehead atoms. The van der Waals surface area contributed by atoms with Gasteiger partial charge >= 0.3 is 0 Å². The second-order valence-electron chi connectivity index (χ2n) is 7.49. The van der Waals surface area contributed by atoms with Crippen LogP contribution in [0.4, 0.5) is 0 Å². The maximum absolute atomic E-state index is 10.8. The third-order valence-electron chi connectivity index (χ3n) is 5.19. The largest absolute Gasteiger partial charge is 0.387 e. The van der Waals surface area contributed by atoms with E-state index in [1.807, 2.05) is 6.07 Å². The molecular formula is C18H29NO. The molecule has 112 valence electrons. The van der Waals surface area contributed by atoms with Crippen LogP contribution in [0.5, 0.6) is 0 Å². The first-order valence-electron chi connectivity index (χ1n) is 7.72. The van der Waals surface area contributed by atoms with Crippen LogP contribution in [-0.4, -0.2) is 29.1 Å². The van der Waals surface area contributed by atoms with Crippen molar-refractivity contribution in [3.05, 3.63) is 35.4 Å². The van der Waals surface area contributed by atoms with Gasteiger partial charge in [-0.2, -0.15) is 0 Å². The van der Waals surface area contributed by atoms with E-state index in [9.17, 15) is 5.11 Å². The summed E-state index contributed by atoms with van der Waals surface area (Å²) in [5, 5.41) is 10.8. The van der Waals surface area contributed by atoms with E-state index in [2.05, 4.69) is 64.8 Å². The molecule has 1 aliphatic rings. The molecule has 1 aromatic carbocycles. The average molecular weight is 275 g/mol. The topological polar surface area (TPSA) is 23.5 Å². The molecular weight excluding hydrogens is 246 g/mol. The van der Waals surface area contributed by atoms with Crippen molar-refractivity contribution in [3.63, 3.8) is 0 Å². The Balaban J connectivity index is 2.28. The zero-order valence-corrected chi connectivity index (χ0v) is 13.7. The fourth-order valence-corrected chi connectivity index (χ4v) is 3.34. The van der Waals surface area contributed by atoms with Crippen molar-refractivity contribution in [1.29, 1.82) is 0 Å². The second-order valence-corrected chi connectivity index (χ2v) is 7.49. The summed E-state index contributed by atoms with van der Waals surface area (Å²) in [6.45, 7) is 11.3. The van der Waals surface area contributed by atoms with E-state index >= 15 is 0 Å². The first-order chi connectivity index (χ1) is 9.23. The normalized spacial score (nSPS) is 28.3. The molecule has 4 atom stereocenters. The minimum Gasteiger partial charge on any atom is -0.387 e. The molecule has 0 saturated heterocycles. The molecule has 2 nitrogen and oxygen atoms in total. The lowest BCUT2D eigenvalue weighted by Crippen LogP contribution is -2.49. The SMILES string of the molecule is CC1CC(N(C)C(C)C(C)(C)C)C(O)c2ccccc21. The smallest absolute Gasteiger partial charge is 0.0948 e. The Hall–Kier alpha value is -0.860. The van der Waals surface area contributed by atoms with Gasteiger partial charge < -0.3 is 5.11 Å². The van der Waals surface area contributed by atoms with Gasteiger partial charge in [0.1, 0.15) is 0 Å². The van der Waals surface area contributed by atoms with E-state index < -0.39 is 0 Å². The highest BCUT2D eigenvalue weighted by Gasteiger charge is 2.37. The highest BCUT2D eigenvalue weighted by atomic mass is 16.3. The summed E-state index contributed by atoms with van der Waals surface area (Å²) in [4.78, 5) is 2.37. The van der Waals surface area contributed by atoms with Crippen LogP contribution in [0.15, 0.2) is 24.3 Å². The monoisotopic (exact) mass is 275 g/mol. The molecule has 0 aliphatic heterocycles. The quantitative estimate of drug-likeness (QED) is 0.883. The van der Waals surface area contributed by atoms with Crippen molar-refractivity contribution in [2.24, 2.45) is 5.41 Å². The summed E-state index contributed by atoms with van der Waals surface area (Å²) < 4.78 is 0. The molecule has 0 aromatic heterocycles. The molecule has 0 amide bonds. The standard InChI is InChI=1S/C18H29NO/c1-12-11-16(19(6)13(2)18(3,4)5)17(20)15-10-8-7-9-14(12)15/h7-10,12-13,16-17,20H,11H2,1-6H3. The van der Waals surface area contributed by atoms with Crippen LogP contribution in [0.1, 0.15) is 64.2 Å². The highest BCUT2D eigenvalue weighted by molar-refractivity contribution is 5.35. The van der Waals surface area contributed by atoms with Crippen LogP contribution >= 0.6 is 0 Å². The number of likely N-dealkylation sites (N-methyl/N-ethyl adjacent to an activating group) is 1. The van der Waals surface area contributed by atoms with E-state index in [1.54, 1.807) is 0 Å². The molecule has 0 fully saturated rings. The fourth-order valence-electron chi connectivity index (χ4n) is 3.34. The first kappa shape index (κ1) is 15.5. The Morgan fingerprint density at radius 3 is 2.30 bits per heavy atom. The molecule has 2 rings (SSSR count). The second kappa shape index (κ2) is 5.50. The van der Waals surface area contributed by atoms with E-state index in [-0.39, 0.29) is 17.6 Å². The molecule has 20 heavy (non-hydrogen) atoms. The van der Waals surface area contributed by atoms with Crippen LogP contribution in [0.2, 0.25) is 0 Å². The Morgan fingerprint density at radius 2 is 1.75 bits per heavy atom. The summed E-state index contributed by atoms with van der Waals surface area (Å²) in [6, 6.07) is 8.98. The van der Waals surface area contributed by atoms with Crippen molar-refractivity contribution in [2.45, 2.75) is 65.1 Å². The van der Waals surface area contributed by atoms with Crippen molar-refractivity contribution in [1.82, 2.24) is 4.90 Å². The van der Waals surface area contributed by atoms with Gasteiger partial charge in [-0.05, 0) is 42.9 Å². The van der Waals surface area contributed by atoms with Gasteiger partial charge in [-0.1, -0.05) is 52.0 Å². The van der Waals surface area contributed by atoms with E-state index in [4.69, 9.17) is 0 Å². The van der Waals surface area contributed by atoms with E-state index in [0.29, 0.717) is 12.0 Å². The Morgan fingerprint density at radius 1 is 1.20 bits per heavy atom. The van der Waals surface area contributed by atoms with Crippen molar-refractivity contribution >= 4 is 0 Å². The van der Waals surface area contributed by atoms with E-state index in [0.717, 1.165) is 12.0 Å². The van der Waals surface area contributed by atoms with Crippen molar-refractivity contribution in [3.8, 4) is 0 Å². The predicted octanol–water partition coefficient (Wildman–Crippen LogP) is 3.96. The van der Waals surface area contributed by atoms with Gasteiger partial charge in [0.25, 0.3) is 0 Å². The van der Waals surface area contributed by atoms with Crippen LogP contribution < -0.4 is 0 Å².